The second-order valence-electron chi connectivity index (χ2n) is 6.86. The maximum atomic E-state index is 12.2. The van der Waals surface area contributed by atoms with Gasteiger partial charge >= 0.3 is 5.69 Å². The van der Waals surface area contributed by atoms with Crippen molar-refractivity contribution in [2.24, 2.45) is 7.05 Å². The highest BCUT2D eigenvalue weighted by Gasteiger charge is 2.12. The van der Waals surface area contributed by atoms with Crippen molar-refractivity contribution in [3.05, 3.63) is 88.0 Å². The Kier molecular flexibility index (Phi) is 4.95. The third-order valence-corrected chi connectivity index (χ3v) is 4.78. The molecular weight excluding hydrogens is 366 g/mol. The number of tetrazole rings is 1. The van der Waals surface area contributed by atoms with Crippen LogP contribution < -0.4 is 10.4 Å². The zero-order valence-corrected chi connectivity index (χ0v) is 16.5. The predicted octanol–water partition coefficient (Wildman–Crippen LogP) is 3.22. The first-order valence-corrected chi connectivity index (χ1v) is 9.27. The van der Waals surface area contributed by atoms with Gasteiger partial charge in [0.15, 0.2) is 0 Å². The normalized spacial score (nSPS) is 10.9. The molecule has 29 heavy (non-hydrogen) atoms. The fourth-order valence-electron chi connectivity index (χ4n) is 3.21. The minimum absolute atomic E-state index is 0.302. The summed E-state index contributed by atoms with van der Waals surface area (Å²) in [7, 11) is 1.57. The van der Waals surface area contributed by atoms with Crippen molar-refractivity contribution in [1.82, 2.24) is 24.8 Å². The minimum Gasteiger partial charge on any atom is -0.489 e. The SMILES string of the molecule is Cc1cc(-c2ncccc2C)ccc1OCc1ccccc1-n1nnn(C)c1=O. The van der Waals surface area contributed by atoms with Crippen LogP contribution in [0.2, 0.25) is 0 Å². The van der Waals surface area contributed by atoms with E-state index in [1.807, 2.05) is 62.4 Å². The number of hydrogen-bond donors (Lipinski definition) is 0. The Morgan fingerprint density at radius 3 is 2.52 bits per heavy atom. The molecule has 7 nitrogen and oxygen atoms in total. The average molecular weight is 387 g/mol. The second kappa shape index (κ2) is 7.71. The van der Waals surface area contributed by atoms with Gasteiger partial charge in [-0.25, -0.2) is 4.79 Å². The minimum atomic E-state index is -0.302. The standard InChI is InChI=1S/C22H21N5O2/c1-15-7-6-12-23-21(15)17-10-11-20(16(2)13-17)29-14-18-8-4-5-9-19(18)27-22(28)26(3)24-25-27/h4-13H,14H2,1-3H3. The van der Waals surface area contributed by atoms with Gasteiger partial charge in [0, 0.05) is 24.4 Å². The molecule has 7 heteroatoms. The van der Waals surface area contributed by atoms with E-state index in [0.29, 0.717) is 12.3 Å². The summed E-state index contributed by atoms with van der Waals surface area (Å²) in [5.74, 6) is 0.781. The zero-order valence-electron chi connectivity index (χ0n) is 16.5. The van der Waals surface area contributed by atoms with Crippen LogP contribution >= 0.6 is 0 Å². The summed E-state index contributed by atoms with van der Waals surface area (Å²) >= 11 is 0. The number of nitrogens with zero attached hydrogens (tertiary/aromatic N) is 5. The number of ether oxygens (including phenoxy) is 1. The van der Waals surface area contributed by atoms with E-state index in [9.17, 15) is 4.79 Å². The molecule has 0 radical (unpaired) electrons. The number of pyridine rings is 1. The van der Waals surface area contributed by atoms with Crippen molar-refractivity contribution in [3.63, 3.8) is 0 Å². The lowest BCUT2D eigenvalue weighted by Gasteiger charge is -2.13. The molecule has 2 aromatic heterocycles. The van der Waals surface area contributed by atoms with Gasteiger partial charge in [-0.2, -0.15) is 9.36 Å². The molecule has 0 amide bonds. The van der Waals surface area contributed by atoms with Gasteiger partial charge in [-0.3, -0.25) is 4.98 Å². The lowest BCUT2D eigenvalue weighted by Crippen LogP contribution is -2.23. The maximum absolute atomic E-state index is 12.2. The number of aryl methyl sites for hydroxylation is 3. The van der Waals surface area contributed by atoms with Crippen molar-refractivity contribution < 1.29 is 4.74 Å². The maximum Gasteiger partial charge on any atom is 0.368 e. The molecule has 146 valence electrons. The monoisotopic (exact) mass is 387 g/mol. The van der Waals surface area contributed by atoms with E-state index in [2.05, 4.69) is 21.5 Å². The van der Waals surface area contributed by atoms with Crippen molar-refractivity contribution in [1.29, 1.82) is 0 Å². The summed E-state index contributed by atoms with van der Waals surface area (Å²) < 4.78 is 8.53. The summed E-state index contributed by atoms with van der Waals surface area (Å²) in [6, 6.07) is 17.5. The van der Waals surface area contributed by atoms with Crippen LogP contribution in [0.5, 0.6) is 5.75 Å². The van der Waals surface area contributed by atoms with E-state index >= 15 is 0 Å². The van der Waals surface area contributed by atoms with E-state index in [1.165, 1.54) is 9.36 Å². The van der Waals surface area contributed by atoms with Gasteiger partial charge in [0.2, 0.25) is 0 Å². The lowest BCUT2D eigenvalue weighted by atomic mass is 10.0. The molecule has 0 spiro atoms. The summed E-state index contributed by atoms with van der Waals surface area (Å²) in [6.45, 7) is 4.37. The quantitative estimate of drug-likeness (QED) is 0.526. The van der Waals surface area contributed by atoms with Crippen molar-refractivity contribution in [2.45, 2.75) is 20.5 Å². The highest BCUT2D eigenvalue weighted by molar-refractivity contribution is 5.64. The molecule has 0 unspecified atom stereocenters. The molecule has 0 aliphatic rings. The number of benzene rings is 2. The third-order valence-electron chi connectivity index (χ3n) is 4.78. The largest absolute Gasteiger partial charge is 0.489 e. The molecule has 0 saturated heterocycles. The van der Waals surface area contributed by atoms with Gasteiger partial charge in [-0.15, -0.1) is 0 Å². The molecule has 0 atom stereocenters. The van der Waals surface area contributed by atoms with Crippen molar-refractivity contribution in [3.8, 4) is 22.7 Å². The summed E-state index contributed by atoms with van der Waals surface area (Å²) in [5.41, 5.74) is 5.37. The van der Waals surface area contributed by atoms with Gasteiger partial charge in [0.25, 0.3) is 0 Å². The van der Waals surface area contributed by atoms with Crippen LogP contribution in [0.15, 0.2) is 65.6 Å². The molecule has 0 N–H and O–H groups in total. The Balaban J connectivity index is 1.59. The van der Waals surface area contributed by atoms with Crippen molar-refractivity contribution in [2.75, 3.05) is 0 Å². The van der Waals surface area contributed by atoms with Crippen LogP contribution in [0.4, 0.5) is 0 Å². The van der Waals surface area contributed by atoms with E-state index in [0.717, 1.165) is 33.7 Å². The topological polar surface area (TPSA) is 74.8 Å². The zero-order chi connectivity index (χ0) is 20.4. The molecule has 4 aromatic rings. The Bertz CT molecular complexity index is 1230. The number of para-hydroxylation sites is 1. The molecule has 0 aliphatic heterocycles. The highest BCUT2D eigenvalue weighted by atomic mass is 16.5. The molecule has 4 rings (SSSR count). The van der Waals surface area contributed by atoms with Gasteiger partial charge in [0.1, 0.15) is 12.4 Å². The van der Waals surface area contributed by atoms with Gasteiger partial charge in [-0.05, 0) is 65.7 Å². The molecule has 2 heterocycles. The van der Waals surface area contributed by atoms with Crippen LogP contribution in [0.3, 0.4) is 0 Å². The van der Waals surface area contributed by atoms with Gasteiger partial charge in [0.05, 0.1) is 11.4 Å². The smallest absolute Gasteiger partial charge is 0.368 e. The van der Waals surface area contributed by atoms with Gasteiger partial charge < -0.3 is 4.74 Å². The molecule has 0 saturated carbocycles. The fourth-order valence-corrected chi connectivity index (χ4v) is 3.21. The second-order valence-corrected chi connectivity index (χ2v) is 6.86. The summed E-state index contributed by atoms with van der Waals surface area (Å²) in [4.78, 5) is 16.7. The fraction of sp³-hybridized carbons (Fsp3) is 0.182. The molecular formula is C22H21N5O2. The molecule has 0 fully saturated rings. The highest BCUT2D eigenvalue weighted by Crippen LogP contribution is 2.27. The Morgan fingerprint density at radius 1 is 0.966 bits per heavy atom. The Morgan fingerprint density at radius 2 is 1.79 bits per heavy atom. The molecule has 0 aliphatic carbocycles. The number of hydrogen-bond acceptors (Lipinski definition) is 5. The van der Waals surface area contributed by atoms with Crippen LogP contribution in [0.25, 0.3) is 16.9 Å². The molecule has 2 aromatic carbocycles. The molecule has 0 bridgehead atoms. The van der Waals surface area contributed by atoms with E-state index in [4.69, 9.17) is 4.74 Å². The summed E-state index contributed by atoms with van der Waals surface area (Å²) in [6.07, 6.45) is 1.80. The van der Waals surface area contributed by atoms with Crippen molar-refractivity contribution >= 4 is 0 Å². The average Bonchev–Trinajstić information content (AvgIpc) is 3.06. The first kappa shape index (κ1) is 18.6. The van der Waals surface area contributed by atoms with Gasteiger partial charge in [-0.1, -0.05) is 24.3 Å². The third kappa shape index (κ3) is 3.67. The number of aromatic nitrogens is 5. The first-order valence-electron chi connectivity index (χ1n) is 9.27. The van der Waals surface area contributed by atoms with Crippen LogP contribution in [-0.2, 0) is 13.7 Å². The summed E-state index contributed by atoms with van der Waals surface area (Å²) in [5, 5.41) is 7.71. The predicted molar refractivity (Wildman–Crippen MR) is 110 cm³/mol. The Labute approximate surface area is 168 Å². The van der Waals surface area contributed by atoms with Crippen LogP contribution in [0.1, 0.15) is 16.7 Å². The number of rotatable bonds is 5. The van der Waals surface area contributed by atoms with E-state index in [-0.39, 0.29) is 5.69 Å². The van der Waals surface area contributed by atoms with E-state index in [1.54, 1.807) is 13.2 Å². The van der Waals surface area contributed by atoms with Crippen LogP contribution in [-0.4, -0.2) is 24.8 Å². The van der Waals surface area contributed by atoms with Crippen LogP contribution in [0, 0.1) is 13.8 Å². The Hall–Kier alpha value is -3.74. The lowest BCUT2D eigenvalue weighted by molar-refractivity contribution is 0.303. The van der Waals surface area contributed by atoms with E-state index < -0.39 is 0 Å². The first-order chi connectivity index (χ1) is 14.0.